The van der Waals surface area contributed by atoms with Gasteiger partial charge in [0.25, 0.3) is 0 Å². The molecule has 0 bridgehead atoms. The van der Waals surface area contributed by atoms with E-state index >= 15 is 0 Å². The molecule has 1 fully saturated rings. The minimum absolute atomic E-state index is 0.301. The Morgan fingerprint density at radius 2 is 1.54 bits per heavy atom. The summed E-state index contributed by atoms with van der Waals surface area (Å²) in [4.78, 5) is 26.3. The fourth-order valence-electron chi connectivity index (χ4n) is 2.93. The third-order valence-electron chi connectivity index (χ3n) is 4.03. The van der Waals surface area contributed by atoms with Crippen LogP contribution in [0.2, 0.25) is 0 Å². The lowest BCUT2D eigenvalue weighted by Crippen LogP contribution is -2.69. The third kappa shape index (κ3) is 5.78. The number of carbonyl (C=O) groups excluding carboxylic acids is 2. The molecule has 1 saturated heterocycles. The minimum Gasteiger partial charge on any atom is -0.494 e. The number of nitrogens with zero attached hydrogens (tertiary/aromatic N) is 1. The fraction of sp³-hybridized carbons (Fsp3) is 0.619. The molecule has 0 spiro atoms. The summed E-state index contributed by atoms with van der Waals surface area (Å²) in [6.45, 7) is 14.0. The molecule has 7 heteroatoms. The van der Waals surface area contributed by atoms with Gasteiger partial charge in [0.05, 0.1) is 19.7 Å². The van der Waals surface area contributed by atoms with E-state index in [0.29, 0.717) is 19.7 Å². The zero-order valence-electron chi connectivity index (χ0n) is 17.9. The Hall–Kier alpha value is -2.44. The molecule has 1 heterocycles. The van der Waals surface area contributed by atoms with E-state index in [0.717, 1.165) is 11.3 Å². The Bertz CT molecular complexity index is 695. The van der Waals surface area contributed by atoms with Gasteiger partial charge in [-0.15, -0.1) is 0 Å². The van der Waals surface area contributed by atoms with Crippen molar-refractivity contribution in [1.29, 1.82) is 0 Å². The third-order valence-corrected chi connectivity index (χ3v) is 4.03. The molecule has 1 aromatic carbocycles. The highest BCUT2D eigenvalue weighted by Gasteiger charge is 2.49. The average Bonchev–Trinajstić information content (AvgIpc) is 2.48. The van der Waals surface area contributed by atoms with Gasteiger partial charge in [-0.05, 0) is 66.2 Å². The van der Waals surface area contributed by atoms with Gasteiger partial charge in [-0.3, -0.25) is 0 Å². The van der Waals surface area contributed by atoms with Gasteiger partial charge < -0.3 is 24.4 Å². The largest absolute Gasteiger partial charge is 0.494 e. The molecule has 1 aliphatic rings. The number of rotatable bonds is 4. The van der Waals surface area contributed by atoms with Crippen LogP contribution in [0.4, 0.5) is 9.59 Å². The summed E-state index contributed by atoms with van der Waals surface area (Å²) < 4.78 is 16.3. The molecule has 7 nitrogen and oxygen atoms in total. The second-order valence-corrected chi connectivity index (χ2v) is 9.00. The summed E-state index contributed by atoms with van der Waals surface area (Å²) >= 11 is 0. The Kier molecular flexibility index (Phi) is 6.16. The van der Waals surface area contributed by atoms with Gasteiger partial charge in [0.2, 0.25) is 0 Å². The number of hydrogen-bond donors (Lipinski definition) is 1. The van der Waals surface area contributed by atoms with Crippen molar-refractivity contribution in [2.75, 3.05) is 19.7 Å². The number of nitrogens with one attached hydrogen (secondary N) is 1. The van der Waals surface area contributed by atoms with E-state index in [-0.39, 0.29) is 0 Å². The molecule has 1 aliphatic heterocycles. The smallest absolute Gasteiger partial charge is 0.410 e. The van der Waals surface area contributed by atoms with Crippen LogP contribution in [0.3, 0.4) is 0 Å². The molecule has 2 amide bonds. The summed E-state index contributed by atoms with van der Waals surface area (Å²) in [5.41, 5.74) is -1.04. The van der Waals surface area contributed by atoms with Crippen LogP contribution in [-0.4, -0.2) is 48.0 Å². The SMILES string of the molecule is CCOc1ccc(C2(NC(=O)OC(C)(C)C)CN(C(=O)OC(C)(C)C)C2)cc1. The molecule has 0 saturated carbocycles. The number of likely N-dealkylation sites (tertiary alicyclic amines) is 1. The number of alkyl carbamates (subject to hydrolysis) is 1. The van der Waals surface area contributed by atoms with E-state index in [2.05, 4.69) is 5.32 Å². The van der Waals surface area contributed by atoms with Crippen LogP contribution in [-0.2, 0) is 15.0 Å². The molecule has 2 rings (SSSR count). The maximum absolute atomic E-state index is 12.4. The van der Waals surface area contributed by atoms with E-state index in [1.807, 2.05) is 72.7 Å². The molecule has 28 heavy (non-hydrogen) atoms. The standard InChI is InChI=1S/C21H32N2O5/c1-8-26-16-11-9-15(10-12-16)21(22-17(24)27-19(2,3)4)13-23(14-21)18(25)28-20(5,6)7/h9-12H,8,13-14H2,1-7H3,(H,22,24). The molecule has 1 aromatic rings. The van der Waals surface area contributed by atoms with Crippen LogP contribution in [0.25, 0.3) is 0 Å². The lowest BCUT2D eigenvalue weighted by Gasteiger charge is -2.50. The summed E-state index contributed by atoms with van der Waals surface area (Å²) in [7, 11) is 0. The Morgan fingerprint density at radius 1 is 1.00 bits per heavy atom. The monoisotopic (exact) mass is 392 g/mol. The van der Waals surface area contributed by atoms with E-state index in [1.165, 1.54) is 0 Å². The van der Waals surface area contributed by atoms with E-state index in [1.54, 1.807) is 4.90 Å². The van der Waals surface area contributed by atoms with Gasteiger partial charge in [-0.2, -0.15) is 0 Å². The predicted molar refractivity (Wildman–Crippen MR) is 106 cm³/mol. The van der Waals surface area contributed by atoms with Gasteiger partial charge in [-0.1, -0.05) is 12.1 Å². The molecule has 0 atom stereocenters. The first kappa shape index (κ1) is 21.9. The highest BCUT2D eigenvalue weighted by molar-refractivity contribution is 5.73. The normalized spacial score (nSPS) is 16.0. The first-order valence-corrected chi connectivity index (χ1v) is 9.56. The van der Waals surface area contributed by atoms with Crippen LogP contribution in [0.1, 0.15) is 54.0 Å². The van der Waals surface area contributed by atoms with Crippen molar-refractivity contribution in [2.24, 2.45) is 0 Å². The minimum atomic E-state index is -0.732. The molecule has 1 N–H and O–H groups in total. The van der Waals surface area contributed by atoms with Crippen LogP contribution in [0, 0.1) is 0 Å². The van der Waals surface area contributed by atoms with Crippen molar-refractivity contribution in [3.8, 4) is 5.75 Å². The highest BCUT2D eigenvalue weighted by atomic mass is 16.6. The van der Waals surface area contributed by atoms with Crippen LogP contribution in [0.5, 0.6) is 5.75 Å². The number of ether oxygens (including phenoxy) is 3. The van der Waals surface area contributed by atoms with Gasteiger partial charge in [0.15, 0.2) is 0 Å². The van der Waals surface area contributed by atoms with Crippen molar-refractivity contribution < 1.29 is 23.8 Å². The molecule has 0 aliphatic carbocycles. The second kappa shape index (κ2) is 7.89. The number of amides is 2. The average molecular weight is 392 g/mol. The molecular weight excluding hydrogens is 360 g/mol. The molecular formula is C21H32N2O5. The first-order chi connectivity index (χ1) is 12.8. The summed E-state index contributed by atoms with van der Waals surface area (Å²) in [6, 6.07) is 7.50. The van der Waals surface area contributed by atoms with Crippen molar-refractivity contribution in [3.05, 3.63) is 29.8 Å². The Balaban J connectivity index is 2.18. The lowest BCUT2D eigenvalue weighted by molar-refractivity contribution is -0.0230. The van der Waals surface area contributed by atoms with E-state index in [9.17, 15) is 9.59 Å². The lowest BCUT2D eigenvalue weighted by atomic mass is 9.82. The fourth-order valence-corrected chi connectivity index (χ4v) is 2.93. The first-order valence-electron chi connectivity index (χ1n) is 9.56. The quantitative estimate of drug-likeness (QED) is 0.836. The van der Waals surface area contributed by atoms with E-state index < -0.39 is 28.9 Å². The molecule has 0 radical (unpaired) electrons. The van der Waals surface area contributed by atoms with Gasteiger partial charge in [0.1, 0.15) is 22.5 Å². The zero-order chi connectivity index (χ0) is 21.2. The van der Waals surface area contributed by atoms with Crippen molar-refractivity contribution in [3.63, 3.8) is 0 Å². The van der Waals surface area contributed by atoms with Gasteiger partial charge in [-0.25, -0.2) is 9.59 Å². The summed E-state index contributed by atoms with van der Waals surface area (Å²) in [5.74, 6) is 0.752. The van der Waals surface area contributed by atoms with Crippen molar-refractivity contribution >= 4 is 12.2 Å². The van der Waals surface area contributed by atoms with Crippen LogP contribution < -0.4 is 10.1 Å². The predicted octanol–water partition coefficient (Wildman–Crippen LogP) is 4.06. The van der Waals surface area contributed by atoms with Crippen LogP contribution >= 0.6 is 0 Å². The zero-order valence-corrected chi connectivity index (χ0v) is 17.9. The summed E-state index contributed by atoms with van der Waals surface area (Å²) in [6.07, 6.45) is -0.926. The molecule has 156 valence electrons. The number of carbonyl (C=O) groups is 2. The Labute approximate surface area is 167 Å². The van der Waals surface area contributed by atoms with E-state index in [4.69, 9.17) is 14.2 Å². The maximum atomic E-state index is 12.4. The maximum Gasteiger partial charge on any atom is 0.410 e. The Morgan fingerprint density at radius 3 is 2.00 bits per heavy atom. The van der Waals surface area contributed by atoms with Gasteiger partial charge in [0, 0.05) is 0 Å². The summed E-state index contributed by atoms with van der Waals surface area (Å²) in [5, 5.41) is 2.95. The molecule has 0 aromatic heterocycles. The van der Waals surface area contributed by atoms with Crippen molar-refractivity contribution in [2.45, 2.75) is 65.2 Å². The molecule has 0 unspecified atom stereocenters. The van der Waals surface area contributed by atoms with Gasteiger partial charge >= 0.3 is 12.2 Å². The number of hydrogen-bond acceptors (Lipinski definition) is 5. The number of benzene rings is 1. The topological polar surface area (TPSA) is 77.1 Å². The van der Waals surface area contributed by atoms with Crippen LogP contribution in [0.15, 0.2) is 24.3 Å². The van der Waals surface area contributed by atoms with Crippen molar-refractivity contribution in [1.82, 2.24) is 10.2 Å². The highest BCUT2D eigenvalue weighted by Crippen LogP contribution is 2.34. The second-order valence-electron chi connectivity index (χ2n) is 9.00.